The molecule has 90 valence electrons. The van der Waals surface area contributed by atoms with Crippen LogP contribution in [0.4, 0.5) is 0 Å². The van der Waals surface area contributed by atoms with Crippen molar-refractivity contribution in [2.75, 3.05) is 0 Å². The first-order chi connectivity index (χ1) is 6.63. The highest BCUT2D eigenvalue weighted by molar-refractivity contribution is 4.98. The maximum atomic E-state index is 9.30. The van der Waals surface area contributed by atoms with Crippen LogP contribution in [0.15, 0.2) is 0 Å². The molecule has 1 atom stereocenters. The fraction of sp³-hybridized carbons (Fsp3) is 1.00. The number of aliphatic hydroxyl groups excluding tert-OH is 1. The van der Waals surface area contributed by atoms with Gasteiger partial charge in [-0.2, -0.15) is 0 Å². The summed E-state index contributed by atoms with van der Waals surface area (Å²) in [6, 6.07) is 0. The van der Waals surface area contributed by atoms with E-state index in [2.05, 4.69) is 0 Å². The van der Waals surface area contributed by atoms with Crippen LogP contribution in [0.2, 0.25) is 0 Å². The van der Waals surface area contributed by atoms with E-state index >= 15 is 0 Å². The maximum absolute atomic E-state index is 9.30. The van der Waals surface area contributed by atoms with Gasteiger partial charge in [-0.3, -0.25) is 0 Å². The van der Waals surface area contributed by atoms with E-state index in [4.69, 9.17) is 0 Å². The molecule has 1 rings (SSSR count). The highest BCUT2D eigenvalue weighted by Gasteiger charge is 2.64. The second kappa shape index (κ2) is 3.63. The van der Waals surface area contributed by atoms with Crippen molar-refractivity contribution in [2.45, 2.75) is 49.1 Å². The molecule has 0 radical (unpaired) electrons. The van der Waals surface area contributed by atoms with Gasteiger partial charge in [-0.15, -0.1) is 0 Å². The van der Waals surface area contributed by atoms with E-state index in [1.807, 2.05) is 0 Å². The summed E-state index contributed by atoms with van der Waals surface area (Å²) in [6.07, 6.45) is -1.86. The average Bonchev–Trinajstić information content (AvgIpc) is 2.10. The van der Waals surface area contributed by atoms with E-state index in [9.17, 15) is 35.7 Å². The lowest BCUT2D eigenvalue weighted by atomic mass is 9.84. The Morgan fingerprint density at radius 3 is 1.93 bits per heavy atom. The fourth-order valence-electron chi connectivity index (χ4n) is 1.61. The summed E-state index contributed by atoms with van der Waals surface area (Å²) >= 11 is 0. The zero-order valence-corrected chi connectivity index (χ0v) is 8.04. The largest absolute Gasteiger partial charge is 0.387 e. The van der Waals surface area contributed by atoms with Gasteiger partial charge in [-0.05, 0) is 12.8 Å². The molecular formula is C8H16O7. The summed E-state index contributed by atoms with van der Waals surface area (Å²) in [4.78, 5) is 0. The molecule has 1 unspecified atom stereocenters. The number of rotatable bonds is 0. The predicted molar refractivity (Wildman–Crippen MR) is 46.0 cm³/mol. The Labute approximate surface area is 85.8 Å². The lowest BCUT2D eigenvalue weighted by molar-refractivity contribution is -0.469. The summed E-state index contributed by atoms with van der Waals surface area (Å²) in [6.45, 7) is 0. The molecule has 1 aliphatic rings. The topological polar surface area (TPSA) is 142 Å². The molecule has 0 spiro atoms. The van der Waals surface area contributed by atoms with Gasteiger partial charge in [-0.25, -0.2) is 0 Å². The van der Waals surface area contributed by atoms with Gasteiger partial charge in [0.2, 0.25) is 5.79 Å². The highest BCUT2D eigenvalue weighted by atomic mass is 16.7. The second-order valence-corrected chi connectivity index (χ2v) is 3.98. The standard InChI is InChI=1S/C8H16O7/c9-5-3-1-2-4-6(10,11)8(14,15)7(5,12)13/h5,9-15H,1-4H2. The third kappa shape index (κ3) is 1.87. The van der Waals surface area contributed by atoms with Crippen molar-refractivity contribution in [1.29, 1.82) is 0 Å². The maximum Gasteiger partial charge on any atom is 0.276 e. The minimum Gasteiger partial charge on any atom is -0.387 e. The third-order valence-corrected chi connectivity index (χ3v) is 2.79. The predicted octanol–water partition coefficient (Wildman–Crippen LogP) is -3.04. The minimum absolute atomic E-state index is 0.0774. The summed E-state index contributed by atoms with van der Waals surface area (Å²) in [5, 5.41) is 65.0. The van der Waals surface area contributed by atoms with E-state index in [1.54, 1.807) is 0 Å². The summed E-state index contributed by atoms with van der Waals surface area (Å²) < 4.78 is 0. The smallest absolute Gasteiger partial charge is 0.276 e. The highest BCUT2D eigenvalue weighted by Crippen LogP contribution is 2.37. The Morgan fingerprint density at radius 2 is 1.40 bits per heavy atom. The van der Waals surface area contributed by atoms with Gasteiger partial charge in [0.1, 0.15) is 6.10 Å². The normalized spacial score (nSPS) is 34.2. The molecule has 0 amide bonds. The molecule has 1 saturated carbocycles. The summed E-state index contributed by atoms with van der Waals surface area (Å²) in [5.74, 6) is -10.1. The van der Waals surface area contributed by atoms with Crippen molar-refractivity contribution < 1.29 is 35.7 Å². The van der Waals surface area contributed by atoms with Gasteiger partial charge < -0.3 is 35.7 Å². The quantitative estimate of drug-likeness (QED) is 0.217. The average molecular weight is 224 g/mol. The molecule has 0 saturated heterocycles. The second-order valence-electron chi connectivity index (χ2n) is 3.98. The van der Waals surface area contributed by atoms with E-state index in [1.165, 1.54) is 0 Å². The lowest BCUT2D eigenvalue weighted by Crippen LogP contribution is -2.72. The Bertz CT molecular complexity index is 235. The number of aliphatic hydroxyl groups is 7. The first-order valence-electron chi connectivity index (χ1n) is 4.65. The van der Waals surface area contributed by atoms with Gasteiger partial charge in [0.15, 0.2) is 0 Å². The number of hydrogen-bond donors (Lipinski definition) is 7. The molecular weight excluding hydrogens is 208 g/mol. The molecule has 7 nitrogen and oxygen atoms in total. The zero-order valence-electron chi connectivity index (χ0n) is 8.04. The molecule has 0 aromatic carbocycles. The first-order valence-corrected chi connectivity index (χ1v) is 4.65. The van der Waals surface area contributed by atoms with Crippen LogP contribution in [-0.4, -0.2) is 59.2 Å². The van der Waals surface area contributed by atoms with E-state index < -0.39 is 29.9 Å². The monoisotopic (exact) mass is 224 g/mol. The molecule has 0 aromatic heterocycles. The van der Waals surface area contributed by atoms with Crippen LogP contribution in [-0.2, 0) is 0 Å². The molecule has 7 heteroatoms. The Kier molecular flexibility index (Phi) is 3.10. The first kappa shape index (κ1) is 12.8. The van der Waals surface area contributed by atoms with Crippen molar-refractivity contribution >= 4 is 0 Å². The van der Waals surface area contributed by atoms with Gasteiger partial charge in [0.05, 0.1) is 0 Å². The minimum atomic E-state index is -3.61. The molecule has 7 N–H and O–H groups in total. The number of hydrogen-bond acceptors (Lipinski definition) is 7. The Balaban J connectivity index is 3.09. The van der Waals surface area contributed by atoms with Gasteiger partial charge in [-0.1, -0.05) is 6.42 Å². The van der Waals surface area contributed by atoms with Gasteiger partial charge in [0.25, 0.3) is 11.6 Å². The van der Waals surface area contributed by atoms with Crippen LogP contribution in [0.5, 0.6) is 0 Å². The third-order valence-electron chi connectivity index (χ3n) is 2.79. The van der Waals surface area contributed by atoms with Crippen molar-refractivity contribution in [3.63, 3.8) is 0 Å². The van der Waals surface area contributed by atoms with Crippen molar-refractivity contribution in [3.05, 3.63) is 0 Å². The van der Waals surface area contributed by atoms with Crippen LogP contribution < -0.4 is 0 Å². The van der Waals surface area contributed by atoms with Crippen LogP contribution >= 0.6 is 0 Å². The summed E-state index contributed by atoms with van der Waals surface area (Å²) in [7, 11) is 0. The van der Waals surface area contributed by atoms with Crippen molar-refractivity contribution in [3.8, 4) is 0 Å². The van der Waals surface area contributed by atoms with Crippen LogP contribution in [0.3, 0.4) is 0 Å². The molecule has 1 fully saturated rings. The van der Waals surface area contributed by atoms with Crippen molar-refractivity contribution in [1.82, 2.24) is 0 Å². The van der Waals surface area contributed by atoms with Gasteiger partial charge >= 0.3 is 0 Å². The van der Waals surface area contributed by atoms with Gasteiger partial charge in [0, 0.05) is 6.42 Å². The van der Waals surface area contributed by atoms with E-state index in [-0.39, 0.29) is 12.8 Å². The summed E-state index contributed by atoms with van der Waals surface area (Å²) in [5.41, 5.74) is 0. The molecule has 0 heterocycles. The van der Waals surface area contributed by atoms with Crippen LogP contribution in [0.1, 0.15) is 25.7 Å². The van der Waals surface area contributed by atoms with E-state index in [0.717, 1.165) is 0 Å². The Hall–Kier alpha value is -0.280. The molecule has 0 aromatic rings. The van der Waals surface area contributed by atoms with Crippen LogP contribution in [0.25, 0.3) is 0 Å². The van der Waals surface area contributed by atoms with Crippen LogP contribution in [0, 0.1) is 0 Å². The van der Waals surface area contributed by atoms with E-state index in [0.29, 0.717) is 6.42 Å². The van der Waals surface area contributed by atoms with Crippen molar-refractivity contribution in [2.24, 2.45) is 0 Å². The Morgan fingerprint density at radius 1 is 0.867 bits per heavy atom. The molecule has 0 aliphatic heterocycles. The molecule has 0 bridgehead atoms. The lowest BCUT2D eigenvalue weighted by Gasteiger charge is -2.45. The molecule has 1 aliphatic carbocycles. The fourth-order valence-corrected chi connectivity index (χ4v) is 1.61. The molecule has 15 heavy (non-hydrogen) atoms. The zero-order chi connectivity index (χ0) is 11.9. The SMILES string of the molecule is OC1CCCCC(O)(O)C(O)(O)C1(O)O.